The van der Waals surface area contributed by atoms with Gasteiger partial charge in [-0.25, -0.2) is 0 Å². The summed E-state index contributed by atoms with van der Waals surface area (Å²) in [6.07, 6.45) is 0. The molecule has 4 nitrogen and oxygen atoms in total. The van der Waals surface area contributed by atoms with Crippen LogP contribution in [0, 0.1) is 19.8 Å². The molecule has 0 aliphatic carbocycles. The van der Waals surface area contributed by atoms with E-state index in [2.05, 4.69) is 0 Å². The van der Waals surface area contributed by atoms with Gasteiger partial charge in [0.2, 0.25) is 0 Å². The Morgan fingerprint density at radius 3 is 2.41 bits per heavy atom. The summed E-state index contributed by atoms with van der Waals surface area (Å²) in [6.45, 7) is 8.25. The summed E-state index contributed by atoms with van der Waals surface area (Å²) in [5, 5.41) is 1.08. The van der Waals surface area contributed by atoms with Gasteiger partial charge >= 0.3 is 5.97 Å². The first-order chi connectivity index (χ1) is 15.4. The van der Waals surface area contributed by atoms with Gasteiger partial charge in [-0.2, -0.15) is 0 Å². The molecule has 1 heterocycles. The van der Waals surface area contributed by atoms with Crippen molar-refractivity contribution in [2.45, 2.75) is 40.2 Å². The molecule has 1 aromatic heterocycles. The molecule has 4 heteroatoms. The number of ether oxygens (including phenoxy) is 2. The topological polar surface area (TPSA) is 48.7 Å². The van der Waals surface area contributed by atoms with Crippen LogP contribution < -0.4 is 4.74 Å². The van der Waals surface area contributed by atoms with Crippen LogP contribution in [0.25, 0.3) is 11.0 Å². The molecule has 0 amide bonds. The van der Waals surface area contributed by atoms with E-state index in [0.717, 1.165) is 39.2 Å². The number of fused-ring (bicyclic) bond motifs is 1. The van der Waals surface area contributed by atoms with Gasteiger partial charge in [-0.15, -0.1) is 0 Å². The van der Waals surface area contributed by atoms with Gasteiger partial charge < -0.3 is 13.9 Å². The van der Waals surface area contributed by atoms with E-state index in [1.54, 1.807) is 0 Å². The quantitative estimate of drug-likeness (QED) is 0.289. The fourth-order valence-electron chi connectivity index (χ4n) is 3.92. The number of carbonyl (C=O) groups is 1. The van der Waals surface area contributed by atoms with Crippen LogP contribution in [0.4, 0.5) is 0 Å². The number of carbonyl (C=O) groups excluding carboxylic acids is 1. The normalized spacial score (nSPS) is 12.2. The van der Waals surface area contributed by atoms with Crippen LogP contribution in [0.1, 0.15) is 42.2 Å². The van der Waals surface area contributed by atoms with Crippen LogP contribution in [-0.2, 0) is 16.1 Å². The van der Waals surface area contributed by atoms with Crippen molar-refractivity contribution in [2.75, 3.05) is 0 Å². The van der Waals surface area contributed by atoms with E-state index in [-0.39, 0.29) is 24.4 Å². The van der Waals surface area contributed by atoms with Crippen molar-refractivity contribution >= 4 is 16.9 Å². The molecule has 32 heavy (non-hydrogen) atoms. The summed E-state index contributed by atoms with van der Waals surface area (Å²) in [7, 11) is 0. The lowest BCUT2D eigenvalue weighted by Crippen LogP contribution is -2.20. The van der Waals surface area contributed by atoms with E-state index in [4.69, 9.17) is 13.9 Å². The Kier molecular flexibility index (Phi) is 6.31. The van der Waals surface area contributed by atoms with Crippen LogP contribution in [0.5, 0.6) is 11.5 Å². The second-order valence-electron chi connectivity index (χ2n) is 8.43. The molecule has 0 fully saturated rings. The highest BCUT2D eigenvalue weighted by molar-refractivity contribution is 5.85. The third-order valence-electron chi connectivity index (χ3n) is 5.74. The Hall–Kier alpha value is -3.53. The van der Waals surface area contributed by atoms with Gasteiger partial charge in [0.05, 0.1) is 5.92 Å². The van der Waals surface area contributed by atoms with E-state index in [9.17, 15) is 4.79 Å². The summed E-state index contributed by atoms with van der Waals surface area (Å²) in [5.74, 6) is 1.85. The van der Waals surface area contributed by atoms with Crippen molar-refractivity contribution in [1.29, 1.82) is 0 Å². The van der Waals surface area contributed by atoms with Crippen LogP contribution in [0.2, 0.25) is 0 Å². The summed E-state index contributed by atoms with van der Waals surface area (Å²) in [4.78, 5) is 13.1. The lowest BCUT2D eigenvalue weighted by atomic mass is 9.88. The van der Waals surface area contributed by atoms with E-state index in [0.29, 0.717) is 5.75 Å². The maximum atomic E-state index is 13.1. The molecule has 0 spiro atoms. The maximum Gasteiger partial charge on any atom is 0.314 e. The number of para-hydroxylation sites is 1. The van der Waals surface area contributed by atoms with Crippen LogP contribution in [0.3, 0.4) is 0 Å². The molecule has 0 aliphatic rings. The zero-order valence-electron chi connectivity index (χ0n) is 18.9. The molecule has 1 atom stereocenters. The van der Waals surface area contributed by atoms with Gasteiger partial charge in [-0.05, 0) is 66.8 Å². The number of hydrogen-bond acceptors (Lipinski definition) is 4. The Morgan fingerprint density at radius 1 is 0.906 bits per heavy atom. The van der Waals surface area contributed by atoms with Crippen molar-refractivity contribution in [3.63, 3.8) is 0 Å². The number of rotatable bonds is 7. The standard InChI is InChI=1S/C28H28O4/c1-18(2)27(22-13-14-25-19(3)20(4)31-26(25)16-22)28(29)30-17-21-9-8-12-24(15-21)32-23-10-6-5-7-11-23/h5-16,18,27H,17H2,1-4H3. The van der Waals surface area contributed by atoms with Crippen molar-refractivity contribution in [1.82, 2.24) is 0 Å². The smallest absolute Gasteiger partial charge is 0.314 e. The highest BCUT2D eigenvalue weighted by Crippen LogP contribution is 2.32. The number of furan rings is 1. The number of aryl methyl sites for hydroxylation is 2. The molecular formula is C28H28O4. The minimum absolute atomic E-state index is 0.0878. The minimum Gasteiger partial charge on any atom is -0.461 e. The van der Waals surface area contributed by atoms with Gasteiger partial charge in [0, 0.05) is 5.39 Å². The Balaban J connectivity index is 1.48. The van der Waals surface area contributed by atoms with Crippen molar-refractivity contribution in [2.24, 2.45) is 5.92 Å². The lowest BCUT2D eigenvalue weighted by molar-refractivity contribution is -0.148. The largest absolute Gasteiger partial charge is 0.461 e. The van der Waals surface area contributed by atoms with Gasteiger partial charge in [-0.1, -0.05) is 56.3 Å². The molecule has 0 N–H and O–H groups in total. The fraction of sp³-hybridized carbons (Fsp3) is 0.250. The van der Waals surface area contributed by atoms with Crippen LogP contribution in [-0.4, -0.2) is 5.97 Å². The molecular weight excluding hydrogens is 400 g/mol. The van der Waals surface area contributed by atoms with Crippen molar-refractivity contribution in [3.8, 4) is 11.5 Å². The first-order valence-electron chi connectivity index (χ1n) is 10.9. The Labute approximate surface area is 188 Å². The summed E-state index contributed by atoms with van der Waals surface area (Å²) < 4.78 is 17.5. The average Bonchev–Trinajstić information content (AvgIpc) is 3.06. The number of esters is 1. The molecule has 4 aromatic rings. The highest BCUT2D eigenvalue weighted by atomic mass is 16.5. The van der Waals surface area contributed by atoms with Crippen LogP contribution in [0.15, 0.2) is 77.2 Å². The van der Waals surface area contributed by atoms with Crippen molar-refractivity contribution in [3.05, 3.63) is 95.2 Å². The molecule has 1 unspecified atom stereocenters. The first-order valence-corrected chi connectivity index (χ1v) is 10.9. The predicted molar refractivity (Wildman–Crippen MR) is 126 cm³/mol. The SMILES string of the molecule is Cc1oc2cc(C(C(=O)OCc3cccc(Oc4ccccc4)c3)C(C)C)ccc2c1C. The minimum atomic E-state index is -0.367. The zero-order chi connectivity index (χ0) is 22.7. The molecule has 0 bridgehead atoms. The summed E-state index contributed by atoms with van der Waals surface area (Å²) >= 11 is 0. The molecule has 0 aliphatic heterocycles. The monoisotopic (exact) mass is 428 g/mol. The number of benzene rings is 3. The maximum absolute atomic E-state index is 13.1. The molecule has 4 rings (SSSR count). The molecule has 0 radical (unpaired) electrons. The molecule has 3 aromatic carbocycles. The van der Waals surface area contributed by atoms with Gasteiger partial charge in [0.1, 0.15) is 29.4 Å². The lowest BCUT2D eigenvalue weighted by Gasteiger charge is -2.20. The molecule has 164 valence electrons. The zero-order valence-corrected chi connectivity index (χ0v) is 18.9. The summed E-state index contributed by atoms with van der Waals surface area (Å²) in [6, 6.07) is 23.2. The Bertz CT molecular complexity index is 1220. The second-order valence-corrected chi connectivity index (χ2v) is 8.43. The number of hydrogen-bond donors (Lipinski definition) is 0. The van der Waals surface area contributed by atoms with E-state index < -0.39 is 0 Å². The Morgan fingerprint density at radius 2 is 1.66 bits per heavy atom. The van der Waals surface area contributed by atoms with Gasteiger partial charge in [0.15, 0.2) is 0 Å². The highest BCUT2D eigenvalue weighted by Gasteiger charge is 2.26. The van der Waals surface area contributed by atoms with Crippen molar-refractivity contribution < 1.29 is 18.7 Å². The molecule has 0 saturated heterocycles. The van der Waals surface area contributed by atoms with Crippen LogP contribution >= 0.6 is 0 Å². The van der Waals surface area contributed by atoms with E-state index in [1.807, 2.05) is 100 Å². The third-order valence-corrected chi connectivity index (χ3v) is 5.74. The average molecular weight is 429 g/mol. The van der Waals surface area contributed by atoms with E-state index in [1.165, 1.54) is 0 Å². The van der Waals surface area contributed by atoms with E-state index >= 15 is 0 Å². The first kappa shape index (κ1) is 21.7. The predicted octanol–water partition coefficient (Wildman–Crippen LogP) is 7.32. The third kappa shape index (κ3) is 4.70. The van der Waals surface area contributed by atoms with Gasteiger partial charge in [-0.3, -0.25) is 4.79 Å². The summed E-state index contributed by atoms with van der Waals surface area (Å²) in [5.41, 5.74) is 3.73. The fourth-order valence-corrected chi connectivity index (χ4v) is 3.92. The van der Waals surface area contributed by atoms with Gasteiger partial charge in [0.25, 0.3) is 0 Å². The molecule has 0 saturated carbocycles. The second kappa shape index (κ2) is 9.31.